The molecule has 138 valence electrons. The number of carbonyl (C=O) groups excluding carboxylic acids is 2. The number of halogens is 1. The molecule has 26 heavy (non-hydrogen) atoms. The second kappa shape index (κ2) is 9.25. The summed E-state index contributed by atoms with van der Waals surface area (Å²) < 4.78 is 5.33. The summed E-state index contributed by atoms with van der Waals surface area (Å²) in [4.78, 5) is 25.8. The lowest BCUT2D eigenvalue weighted by atomic mass is 10.1. The number of carbonyl (C=O) groups is 2. The van der Waals surface area contributed by atoms with E-state index >= 15 is 0 Å². The monoisotopic (exact) mass is 374 g/mol. The van der Waals surface area contributed by atoms with Gasteiger partial charge < -0.3 is 15.0 Å². The summed E-state index contributed by atoms with van der Waals surface area (Å²) in [6, 6.07) is 12.9. The van der Waals surface area contributed by atoms with E-state index in [2.05, 4.69) is 5.32 Å². The van der Waals surface area contributed by atoms with Gasteiger partial charge in [-0.25, -0.2) is 0 Å². The number of amides is 2. The van der Waals surface area contributed by atoms with Crippen LogP contribution in [0.3, 0.4) is 0 Å². The molecule has 0 spiro atoms. The number of nitrogens with one attached hydrogen (secondary N) is 1. The molecule has 0 saturated heterocycles. The maximum absolute atomic E-state index is 12.3. The van der Waals surface area contributed by atoms with Crippen molar-refractivity contribution in [2.24, 2.45) is 0 Å². The van der Waals surface area contributed by atoms with Gasteiger partial charge in [0.25, 0.3) is 0 Å². The lowest BCUT2D eigenvalue weighted by Gasteiger charge is -2.21. The third-order valence-corrected chi connectivity index (χ3v) is 4.32. The molecule has 6 heteroatoms. The van der Waals surface area contributed by atoms with Gasteiger partial charge in [-0.05, 0) is 48.7 Å². The van der Waals surface area contributed by atoms with Crippen molar-refractivity contribution in [3.63, 3.8) is 0 Å². The first-order valence-electron chi connectivity index (χ1n) is 8.34. The molecule has 0 aromatic heterocycles. The van der Waals surface area contributed by atoms with Crippen LogP contribution in [-0.4, -0.2) is 36.9 Å². The summed E-state index contributed by atoms with van der Waals surface area (Å²) in [5.41, 5.74) is 2.55. The fourth-order valence-corrected chi connectivity index (χ4v) is 2.87. The molecule has 0 atom stereocenters. The number of nitrogens with zero attached hydrogens (tertiary/aromatic N) is 1. The molecule has 1 N–H and O–H groups in total. The number of aryl methyl sites for hydroxylation is 1. The summed E-state index contributed by atoms with van der Waals surface area (Å²) in [6.45, 7) is 3.75. The average molecular weight is 375 g/mol. The smallest absolute Gasteiger partial charge is 0.244 e. The number of para-hydroxylation sites is 1. The molecule has 0 aliphatic carbocycles. The zero-order valence-electron chi connectivity index (χ0n) is 15.2. The van der Waals surface area contributed by atoms with Crippen molar-refractivity contribution in [1.29, 1.82) is 0 Å². The summed E-state index contributed by atoms with van der Waals surface area (Å²) >= 11 is 5.93. The topological polar surface area (TPSA) is 58.6 Å². The Morgan fingerprint density at radius 3 is 2.58 bits per heavy atom. The van der Waals surface area contributed by atoms with E-state index in [0.29, 0.717) is 23.7 Å². The lowest BCUT2D eigenvalue weighted by Crippen LogP contribution is -2.38. The quantitative estimate of drug-likeness (QED) is 0.804. The second-order valence-electron chi connectivity index (χ2n) is 6.01. The number of anilines is 1. The summed E-state index contributed by atoms with van der Waals surface area (Å²) in [6.07, 6.45) is 0.608. The van der Waals surface area contributed by atoms with Crippen LogP contribution >= 0.6 is 11.6 Å². The SMILES string of the molecule is COc1ccccc1CCN(CC(=O)Nc1ccc(Cl)cc1C)C(C)=O. The van der Waals surface area contributed by atoms with Gasteiger partial charge in [-0.1, -0.05) is 29.8 Å². The van der Waals surface area contributed by atoms with Gasteiger partial charge in [-0.15, -0.1) is 0 Å². The summed E-state index contributed by atoms with van der Waals surface area (Å²) in [5.74, 6) is 0.380. The van der Waals surface area contributed by atoms with E-state index in [0.717, 1.165) is 16.9 Å². The Hall–Kier alpha value is -2.53. The van der Waals surface area contributed by atoms with Crippen molar-refractivity contribution >= 4 is 29.1 Å². The maximum atomic E-state index is 12.3. The molecule has 5 nitrogen and oxygen atoms in total. The van der Waals surface area contributed by atoms with E-state index in [1.165, 1.54) is 11.8 Å². The van der Waals surface area contributed by atoms with E-state index in [1.807, 2.05) is 31.2 Å². The minimum atomic E-state index is -0.245. The van der Waals surface area contributed by atoms with Crippen LogP contribution in [0.15, 0.2) is 42.5 Å². The Bertz CT molecular complexity index is 792. The molecule has 0 radical (unpaired) electrons. The van der Waals surface area contributed by atoms with Crippen molar-refractivity contribution < 1.29 is 14.3 Å². The van der Waals surface area contributed by atoms with Crippen LogP contribution in [0, 0.1) is 6.92 Å². The van der Waals surface area contributed by atoms with Gasteiger partial charge in [0.2, 0.25) is 11.8 Å². The Labute approximate surface area is 158 Å². The molecule has 0 aliphatic rings. The molecule has 0 fully saturated rings. The van der Waals surface area contributed by atoms with E-state index < -0.39 is 0 Å². The molecule has 0 bridgehead atoms. The lowest BCUT2D eigenvalue weighted by molar-refractivity contribution is -0.132. The molecule has 2 aromatic carbocycles. The van der Waals surface area contributed by atoms with Crippen molar-refractivity contribution in [3.05, 3.63) is 58.6 Å². The normalized spacial score (nSPS) is 10.3. The van der Waals surface area contributed by atoms with Crippen LogP contribution in [0.4, 0.5) is 5.69 Å². The van der Waals surface area contributed by atoms with E-state index in [4.69, 9.17) is 16.3 Å². The first-order chi connectivity index (χ1) is 12.4. The first kappa shape index (κ1) is 19.8. The Morgan fingerprint density at radius 2 is 1.92 bits per heavy atom. The fourth-order valence-electron chi connectivity index (χ4n) is 2.64. The van der Waals surface area contributed by atoms with Gasteiger partial charge in [0, 0.05) is 24.2 Å². The highest BCUT2D eigenvalue weighted by Crippen LogP contribution is 2.20. The highest BCUT2D eigenvalue weighted by molar-refractivity contribution is 6.30. The van der Waals surface area contributed by atoms with Crippen LogP contribution in [0.25, 0.3) is 0 Å². The van der Waals surface area contributed by atoms with Crippen LogP contribution in [0.5, 0.6) is 5.75 Å². The number of hydrogen-bond acceptors (Lipinski definition) is 3. The predicted molar refractivity (Wildman–Crippen MR) is 104 cm³/mol. The average Bonchev–Trinajstić information content (AvgIpc) is 2.61. The van der Waals surface area contributed by atoms with Crippen LogP contribution in [-0.2, 0) is 16.0 Å². The van der Waals surface area contributed by atoms with Crippen molar-refractivity contribution in [1.82, 2.24) is 4.90 Å². The van der Waals surface area contributed by atoms with Gasteiger partial charge in [0.05, 0.1) is 13.7 Å². The summed E-state index contributed by atoms with van der Waals surface area (Å²) in [5, 5.41) is 3.44. The van der Waals surface area contributed by atoms with Gasteiger partial charge in [-0.2, -0.15) is 0 Å². The number of benzene rings is 2. The van der Waals surface area contributed by atoms with Crippen LogP contribution in [0.2, 0.25) is 5.02 Å². The number of methoxy groups -OCH3 is 1. The molecular formula is C20H23ClN2O3. The first-order valence-corrected chi connectivity index (χ1v) is 8.72. The fraction of sp³-hybridized carbons (Fsp3) is 0.300. The van der Waals surface area contributed by atoms with Crippen molar-refractivity contribution in [2.75, 3.05) is 25.5 Å². The Kier molecular flexibility index (Phi) is 7.04. The van der Waals surface area contributed by atoms with Crippen LogP contribution in [0.1, 0.15) is 18.1 Å². The third kappa shape index (κ3) is 5.49. The van der Waals surface area contributed by atoms with Crippen molar-refractivity contribution in [2.45, 2.75) is 20.3 Å². The van der Waals surface area contributed by atoms with Crippen LogP contribution < -0.4 is 10.1 Å². The Balaban J connectivity index is 1.99. The second-order valence-corrected chi connectivity index (χ2v) is 6.45. The third-order valence-electron chi connectivity index (χ3n) is 4.09. The zero-order chi connectivity index (χ0) is 19.1. The zero-order valence-corrected chi connectivity index (χ0v) is 16.0. The maximum Gasteiger partial charge on any atom is 0.244 e. The van der Waals surface area contributed by atoms with Gasteiger partial charge in [0.1, 0.15) is 5.75 Å². The molecule has 2 amide bonds. The molecule has 2 rings (SSSR count). The minimum absolute atomic E-state index is 0.00739. The molecular weight excluding hydrogens is 352 g/mol. The van der Waals surface area contributed by atoms with Crippen molar-refractivity contribution in [3.8, 4) is 5.75 Å². The molecule has 2 aromatic rings. The van der Waals surface area contributed by atoms with E-state index in [1.54, 1.807) is 25.3 Å². The van der Waals surface area contributed by atoms with Gasteiger partial charge in [0.15, 0.2) is 0 Å². The standard InChI is InChI=1S/C20H23ClN2O3/c1-14-12-17(21)8-9-18(14)22-20(25)13-23(15(2)24)11-10-16-6-4-5-7-19(16)26-3/h4-9,12H,10-11,13H2,1-3H3,(H,22,25). The highest BCUT2D eigenvalue weighted by Gasteiger charge is 2.15. The van der Waals surface area contributed by atoms with Gasteiger partial charge in [-0.3, -0.25) is 9.59 Å². The highest BCUT2D eigenvalue weighted by atomic mass is 35.5. The summed E-state index contributed by atoms with van der Waals surface area (Å²) in [7, 11) is 1.61. The molecule has 0 saturated carbocycles. The number of rotatable bonds is 7. The number of hydrogen-bond donors (Lipinski definition) is 1. The van der Waals surface area contributed by atoms with E-state index in [9.17, 15) is 9.59 Å². The van der Waals surface area contributed by atoms with E-state index in [-0.39, 0.29) is 18.4 Å². The number of ether oxygens (including phenoxy) is 1. The molecule has 0 aliphatic heterocycles. The largest absolute Gasteiger partial charge is 0.496 e. The Morgan fingerprint density at radius 1 is 1.19 bits per heavy atom. The minimum Gasteiger partial charge on any atom is -0.496 e. The predicted octanol–water partition coefficient (Wildman–Crippen LogP) is 3.69. The van der Waals surface area contributed by atoms with Gasteiger partial charge >= 0.3 is 0 Å². The molecule has 0 unspecified atom stereocenters. The molecule has 0 heterocycles.